The van der Waals surface area contributed by atoms with E-state index in [1.54, 1.807) is 24.3 Å². The third-order valence-corrected chi connectivity index (χ3v) is 6.98. The molecule has 1 aromatic carbocycles. The van der Waals surface area contributed by atoms with E-state index in [4.69, 9.17) is 0 Å². The molecule has 1 aromatic rings. The molecule has 1 aliphatic heterocycles. The molecular formula is C20H31N3O3S. The number of sulfonamides is 1. The molecule has 0 unspecified atom stereocenters. The highest BCUT2D eigenvalue weighted by Crippen LogP contribution is 2.21. The van der Waals surface area contributed by atoms with Crippen LogP contribution in [0.2, 0.25) is 0 Å². The lowest BCUT2D eigenvalue weighted by molar-refractivity contribution is -0.117. The van der Waals surface area contributed by atoms with Gasteiger partial charge >= 0.3 is 0 Å². The second-order valence-electron chi connectivity index (χ2n) is 7.72. The van der Waals surface area contributed by atoms with Crippen LogP contribution in [0.5, 0.6) is 0 Å². The molecule has 1 saturated carbocycles. The van der Waals surface area contributed by atoms with Crippen LogP contribution in [0.15, 0.2) is 29.2 Å². The summed E-state index contributed by atoms with van der Waals surface area (Å²) in [5, 5.41) is 2.87. The van der Waals surface area contributed by atoms with Crippen molar-refractivity contribution in [2.24, 2.45) is 0 Å². The summed E-state index contributed by atoms with van der Waals surface area (Å²) in [7, 11) is -3.50. The summed E-state index contributed by atoms with van der Waals surface area (Å²) in [6.07, 6.45) is 9.93. The molecule has 3 rings (SSSR count). The zero-order valence-corrected chi connectivity index (χ0v) is 16.8. The van der Waals surface area contributed by atoms with Crippen LogP contribution in [0.4, 0.5) is 5.69 Å². The molecule has 7 heteroatoms. The number of likely N-dealkylation sites (tertiary alicyclic amines) is 1. The number of nitrogens with zero attached hydrogens (tertiary/aromatic N) is 1. The molecule has 2 N–H and O–H groups in total. The predicted octanol–water partition coefficient (Wildman–Crippen LogP) is 3.11. The van der Waals surface area contributed by atoms with E-state index in [0.717, 1.165) is 51.6 Å². The summed E-state index contributed by atoms with van der Waals surface area (Å²) >= 11 is 0. The molecule has 6 nitrogen and oxygen atoms in total. The van der Waals surface area contributed by atoms with Crippen molar-refractivity contribution >= 4 is 21.6 Å². The highest BCUT2D eigenvalue weighted by atomic mass is 32.2. The zero-order valence-electron chi connectivity index (χ0n) is 16.0. The van der Waals surface area contributed by atoms with Crippen molar-refractivity contribution in [3.05, 3.63) is 24.3 Å². The first-order chi connectivity index (χ1) is 13.0. The van der Waals surface area contributed by atoms with Gasteiger partial charge in [0.2, 0.25) is 15.9 Å². The van der Waals surface area contributed by atoms with Crippen molar-refractivity contribution < 1.29 is 13.2 Å². The molecule has 0 atom stereocenters. The van der Waals surface area contributed by atoms with Gasteiger partial charge in [-0.2, -0.15) is 0 Å². The van der Waals surface area contributed by atoms with Gasteiger partial charge in [0, 0.05) is 11.7 Å². The first-order valence-electron chi connectivity index (χ1n) is 10.2. The number of nitrogens with one attached hydrogen (secondary N) is 2. The van der Waals surface area contributed by atoms with E-state index in [0.29, 0.717) is 12.2 Å². The molecular weight excluding hydrogens is 362 g/mol. The molecule has 2 aliphatic rings. The van der Waals surface area contributed by atoms with E-state index in [1.807, 2.05) is 0 Å². The Morgan fingerprint density at radius 1 is 0.926 bits per heavy atom. The number of hydrogen-bond donors (Lipinski definition) is 2. The summed E-state index contributed by atoms with van der Waals surface area (Å²) in [5.41, 5.74) is 0.631. The molecule has 0 bridgehead atoms. The minimum absolute atomic E-state index is 0.0387. The van der Waals surface area contributed by atoms with Gasteiger partial charge in [-0.15, -0.1) is 0 Å². The van der Waals surface area contributed by atoms with Gasteiger partial charge in [0.1, 0.15) is 0 Å². The standard InChI is InChI=1S/C20H31N3O3S/c24-20(16-23-14-6-1-2-7-15-23)21-17-10-12-19(13-11-17)27(25,26)22-18-8-4-3-5-9-18/h10-13,18,22H,1-9,14-16H2,(H,21,24). The van der Waals surface area contributed by atoms with Gasteiger partial charge < -0.3 is 5.32 Å². The number of benzene rings is 1. The Kier molecular flexibility index (Phi) is 7.26. The maximum atomic E-state index is 12.5. The Morgan fingerprint density at radius 3 is 2.15 bits per heavy atom. The summed E-state index contributed by atoms with van der Waals surface area (Å²) < 4.78 is 27.9. The van der Waals surface area contributed by atoms with Crippen LogP contribution in [-0.4, -0.2) is 44.9 Å². The monoisotopic (exact) mass is 393 g/mol. The van der Waals surface area contributed by atoms with E-state index in [1.165, 1.54) is 19.3 Å². The lowest BCUT2D eigenvalue weighted by atomic mass is 9.96. The van der Waals surface area contributed by atoms with Crippen LogP contribution in [-0.2, 0) is 14.8 Å². The number of amides is 1. The van der Waals surface area contributed by atoms with Crippen LogP contribution < -0.4 is 10.0 Å². The second kappa shape index (κ2) is 9.66. The number of carbonyl (C=O) groups excluding carboxylic acids is 1. The summed E-state index contributed by atoms with van der Waals surface area (Å²) in [4.78, 5) is 14.7. The number of hydrogen-bond acceptors (Lipinski definition) is 4. The van der Waals surface area contributed by atoms with Crippen LogP contribution in [0, 0.1) is 0 Å². The lowest BCUT2D eigenvalue weighted by Crippen LogP contribution is -2.36. The first-order valence-corrected chi connectivity index (χ1v) is 11.7. The fraction of sp³-hybridized carbons (Fsp3) is 0.650. The molecule has 1 amide bonds. The summed E-state index contributed by atoms with van der Waals surface area (Å²) in [6.45, 7) is 2.33. The van der Waals surface area contributed by atoms with E-state index in [-0.39, 0.29) is 16.8 Å². The van der Waals surface area contributed by atoms with E-state index in [9.17, 15) is 13.2 Å². The molecule has 1 saturated heterocycles. The van der Waals surface area contributed by atoms with E-state index in [2.05, 4.69) is 14.9 Å². The molecule has 27 heavy (non-hydrogen) atoms. The van der Waals surface area contributed by atoms with Crippen LogP contribution in [0.1, 0.15) is 57.8 Å². The highest BCUT2D eigenvalue weighted by molar-refractivity contribution is 7.89. The fourth-order valence-corrected chi connectivity index (χ4v) is 5.23. The van der Waals surface area contributed by atoms with E-state index >= 15 is 0 Å². The third kappa shape index (κ3) is 6.30. The number of anilines is 1. The van der Waals surface area contributed by atoms with Gasteiger partial charge in [-0.3, -0.25) is 9.69 Å². The van der Waals surface area contributed by atoms with Crippen molar-refractivity contribution in [1.82, 2.24) is 9.62 Å². The van der Waals surface area contributed by atoms with E-state index < -0.39 is 10.0 Å². The van der Waals surface area contributed by atoms with Gasteiger partial charge in [0.05, 0.1) is 11.4 Å². The van der Waals surface area contributed by atoms with Crippen LogP contribution >= 0.6 is 0 Å². The quantitative estimate of drug-likeness (QED) is 0.778. The molecule has 0 spiro atoms. The molecule has 150 valence electrons. The zero-order chi connectivity index (χ0) is 19.1. The predicted molar refractivity (Wildman–Crippen MR) is 107 cm³/mol. The average molecular weight is 394 g/mol. The maximum Gasteiger partial charge on any atom is 0.240 e. The lowest BCUT2D eigenvalue weighted by Gasteiger charge is -2.22. The van der Waals surface area contributed by atoms with Gasteiger partial charge in [-0.05, 0) is 63.0 Å². The Bertz CT molecular complexity index is 704. The smallest absolute Gasteiger partial charge is 0.240 e. The molecule has 2 fully saturated rings. The van der Waals surface area contributed by atoms with Crippen LogP contribution in [0.3, 0.4) is 0 Å². The highest BCUT2D eigenvalue weighted by Gasteiger charge is 2.22. The van der Waals surface area contributed by atoms with Gasteiger partial charge in [0.25, 0.3) is 0 Å². The summed E-state index contributed by atoms with van der Waals surface area (Å²) in [5.74, 6) is -0.0483. The Balaban J connectivity index is 1.53. The van der Waals surface area contributed by atoms with Gasteiger partial charge in [0.15, 0.2) is 0 Å². The summed E-state index contributed by atoms with van der Waals surface area (Å²) in [6, 6.07) is 6.49. The van der Waals surface area contributed by atoms with Crippen molar-refractivity contribution in [3.8, 4) is 0 Å². The first kappa shape index (κ1) is 20.3. The molecule has 0 aromatic heterocycles. The minimum Gasteiger partial charge on any atom is -0.325 e. The normalized spacial score (nSPS) is 20.1. The fourth-order valence-electron chi connectivity index (χ4n) is 3.92. The largest absolute Gasteiger partial charge is 0.325 e. The Hall–Kier alpha value is -1.44. The van der Waals surface area contributed by atoms with Crippen LogP contribution in [0.25, 0.3) is 0 Å². The molecule has 1 aliphatic carbocycles. The number of carbonyl (C=O) groups is 1. The number of rotatable bonds is 6. The van der Waals surface area contributed by atoms with Crippen molar-refractivity contribution in [2.75, 3.05) is 25.0 Å². The van der Waals surface area contributed by atoms with Gasteiger partial charge in [-0.1, -0.05) is 32.1 Å². The SMILES string of the molecule is O=C(CN1CCCCCC1)Nc1ccc(S(=O)(=O)NC2CCCCC2)cc1. The van der Waals surface area contributed by atoms with Gasteiger partial charge in [-0.25, -0.2) is 13.1 Å². The minimum atomic E-state index is -3.50. The van der Waals surface area contributed by atoms with Crippen molar-refractivity contribution in [1.29, 1.82) is 0 Å². The molecule has 0 radical (unpaired) electrons. The van der Waals surface area contributed by atoms with Crippen molar-refractivity contribution in [3.63, 3.8) is 0 Å². The van der Waals surface area contributed by atoms with Crippen molar-refractivity contribution in [2.45, 2.75) is 68.7 Å². The second-order valence-corrected chi connectivity index (χ2v) is 9.43. The maximum absolute atomic E-state index is 12.5. The topological polar surface area (TPSA) is 78.5 Å². The Morgan fingerprint density at radius 2 is 1.52 bits per heavy atom. The Labute approximate surface area is 162 Å². The third-order valence-electron chi connectivity index (χ3n) is 5.44. The molecule has 1 heterocycles. The average Bonchev–Trinajstić information content (AvgIpc) is 2.91.